The monoisotopic (exact) mass is 821 g/mol. The predicted octanol–water partition coefficient (Wildman–Crippen LogP) is 16.5. The number of hydrogen-bond donors (Lipinski definition) is 0. The number of ether oxygens (including phenoxy) is 3. The normalized spacial score (nSPS) is 12.1. The maximum atomic E-state index is 12.7. The van der Waals surface area contributed by atoms with Crippen LogP contribution in [0.4, 0.5) is 0 Å². The number of rotatable bonds is 46. The van der Waals surface area contributed by atoms with Crippen LogP contribution < -0.4 is 0 Å². The zero-order chi connectivity index (χ0) is 42.6. The van der Waals surface area contributed by atoms with Crippen LogP contribution in [0.25, 0.3) is 0 Å². The number of carbonyl (C=O) groups excluding carboxylic acids is 3. The molecule has 0 unspecified atom stereocenters. The first kappa shape index (κ1) is 56.4. The van der Waals surface area contributed by atoms with Crippen molar-refractivity contribution in [3.8, 4) is 0 Å². The predicted molar refractivity (Wildman–Crippen MR) is 247 cm³/mol. The molecule has 0 aliphatic carbocycles. The van der Waals surface area contributed by atoms with E-state index in [4.69, 9.17) is 14.2 Å². The maximum Gasteiger partial charge on any atom is 0.306 e. The summed E-state index contributed by atoms with van der Waals surface area (Å²) in [6.45, 7) is 11.4. The molecule has 0 saturated carbocycles. The second kappa shape index (κ2) is 44.9. The standard InChI is InChI=1S/C52H100O6/c1-6-7-8-9-10-11-22-27-32-37-42-50(53)56-45-49(58-52(55)44-39-34-29-24-19-21-26-31-36-41-48(4)5)46-57-51(54)43-38-33-28-23-18-16-14-12-13-15-17-20-25-30-35-40-47(2)3/h47-49H,6-46H2,1-5H3/t49-/m0/s1. The van der Waals surface area contributed by atoms with E-state index in [1.54, 1.807) is 0 Å². The minimum atomic E-state index is -0.761. The summed E-state index contributed by atoms with van der Waals surface area (Å²) >= 11 is 0. The number of hydrogen-bond acceptors (Lipinski definition) is 6. The fourth-order valence-electron chi connectivity index (χ4n) is 7.81. The van der Waals surface area contributed by atoms with Gasteiger partial charge in [-0.25, -0.2) is 0 Å². The molecular formula is C52H100O6. The summed E-state index contributed by atoms with van der Waals surface area (Å²) in [7, 11) is 0. The lowest BCUT2D eigenvalue weighted by molar-refractivity contribution is -0.167. The highest BCUT2D eigenvalue weighted by Gasteiger charge is 2.19. The third-order valence-corrected chi connectivity index (χ3v) is 11.7. The first-order chi connectivity index (χ1) is 28.2. The van der Waals surface area contributed by atoms with E-state index in [1.165, 1.54) is 173 Å². The van der Waals surface area contributed by atoms with Crippen LogP contribution >= 0.6 is 0 Å². The molecule has 6 nitrogen and oxygen atoms in total. The van der Waals surface area contributed by atoms with Gasteiger partial charge in [0.2, 0.25) is 0 Å². The molecule has 0 bridgehead atoms. The molecule has 0 aromatic carbocycles. The van der Waals surface area contributed by atoms with E-state index in [2.05, 4.69) is 34.6 Å². The van der Waals surface area contributed by atoms with Crippen LogP contribution in [-0.4, -0.2) is 37.2 Å². The molecule has 58 heavy (non-hydrogen) atoms. The Morgan fingerprint density at radius 1 is 0.328 bits per heavy atom. The quantitative estimate of drug-likeness (QED) is 0.0346. The number of unbranched alkanes of at least 4 members (excludes halogenated alkanes) is 31. The van der Waals surface area contributed by atoms with Crippen molar-refractivity contribution in [2.75, 3.05) is 13.2 Å². The minimum Gasteiger partial charge on any atom is -0.462 e. The largest absolute Gasteiger partial charge is 0.462 e. The Balaban J connectivity index is 4.25. The van der Waals surface area contributed by atoms with Crippen molar-refractivity contribution >= 4 is 17.9 Å². The van der Waals surface area contributed by atoms with E-state index in [0.717, 1.165) is 69.6 Å². The summed E-state index contributed by atoms with van der Waals surface area (Å²) in [6.07, 6.45) is 45.2. The van der Waals surface area contributed by atoms with Gasteiger partial charge >= 0.3 is 17.9 Å². The molecule has 0 aromatic heterocycles. The number of esters is 3. The van der Waals surface area contributed by atoms with Gasteiger partial charge in [-0.15, -0.1) is 0 Å². The fourth-order valence-corrected chi connectivity index (χ4v) is 7.81. The molecule has 6 heteroatoms. The molecule has 0 radical (unpaired) electrons. The molecule has 0 spiro atoms. The molecule has 0 heterocycles. The second-order valence-corrected chi connectivity index (χ2v) is 18.8. The highest BCUT2D eigenvalue weighted by Crippen LogP contribution is 2.17. The zero-order valence-corrected chi connectivity index (χ0v) is 39.7. The zero-order valence-electron chi connectivity index (χ0n) is 39.7. The molecule has 0 aliphatic rings. The Morgan fingerprint density at radius 2 is 0.569 bits per heavy atom. The van der Waals surface area contributed by atoms with Crippen LogP contribution in [0.5, 0.6) is 0 Å². The van der Waals surface area contributed by atoms with Gasteiger partial charge in [0.05, 0.1) is 0 Å². The van der Waals surface area contributed by atoms with Crippen molar-refractivity contribution in [2.24, 2.45) is 11.8 Å². The van der Waals surface area contributed by atoms with Crippen molar-refractivity contribution in [2.45, 2.75) is 291 Å². The molecule has 0 aromatic rings. The highest BCUT2D eigenvalue weighted by atomic mass is 16.6. The van der Waals surface area contributed by atoms with Crippen molar-refractivity contribution in [3.63, 3.8) is 0 Å². The lowest BCUT2D eigenvalue weighted by Crippen LogP contribution is -2.30. The van der Waals surface area contributed by atoms with Crippen LogP contribution in [-0.2, 0) is 28.6 Å². The van der Waals surface area contributed by atoms with Gasteiger partial charge in [0.1, 0.15) is 13.2 Å². The highest BCUT2D eigenvalue weighted by molar-refractivity contribution is 5.71. The van der Waals surface area contributed by atoms with E-state index in [-0.39, 0.29) is 31.1 Å². The van der Waals surface area contributed by atoms with Gasteiger partial charge in [0.25, 0.3) is 0 Å². The Bertz CT molecular complexity index is 885. The van der Waals surface area contributed by atoms with E-state index in [1.807, 2.05) is 0 Å². The average molecular weight is 821 g/mol. The van der Waals surface area contributed by atoms with E-state index < -0.39 is 6.10 Å². The van der Waals surface area contributed by atoms with Crippen LogP contribution in [0.2, 0.25) is 0 Å². The molecule has 0 fully saturated rings. The van der Waals surface area contributed by atoms with Gasteiger partial charge in [-0.1, -0.05) is 247 Å². The van der Waals surface area contributed by atoms with E-state index in [0.29, 0.717) is 19.3 Å². The van der Waals surface area contributed by atoms with Crippen molar-refractivity contribution in [1.29, 1.82) is 0 Å². The minimum absolute atomic E-state index is 0.0639. The van der Waals surface area contributed by atoms with Crippen LogP contribution in [0, 0.1) is 11.8 Å². The maximum absolute atomic E-state index is 12.7. The Kier molecular flexibility index (Phi) is 43.7. The Morgan fingerprint density at radius 3 is 0.845 bits per heavy atom. The van der Waals surface area contributed by atoms with Gasteiger partial charge in [0.15, 0.2) is 6.10 Å². The molecular weight excluding hydrogens is 721 g/mol. The number of carbonyl (C=O) groups is 3. The van der Waals surface area contributed by atoms with Crippen LogP contribution in [0.1, 0.15) is 285 Å². The molecule has 0 N–H and O–H groups in total. The van der Waals surface area contributed by atoms with E-state index in [9.17, 15) is 14.4 Å². The molecule has 0 saturated heterocycles. The average Bonchev–Trinajstić information content (AvgIpc) is 3.19. The summed E-state index contributed by atoms with van der Waals surface area (Å²) in [5, 5.41) is 0. The summed E-state index contributed by atoms with van der Waals surface area (Å²) in [5.74, 6) is 0.804. The third-order valence-electron chi connectivity index (χ3n) is 11.7. The fraction of sp³-hybridized carbons (Fsp3) is 0.942. The van der Waals surface area contributed by atoms with Crippen molar-refractivity contribution in [3.05, 3.63) is 0 Å². The molecule has 1 atom stereocenters. The first-order valence-corrected chi connectivity index (χ1v) is 25.7. The van der Waals surface area contributed by atoms with Crippen molar-refractivity contribution < 1.29 is 28.6 Å². The lowest BCUT2D eigenvalue weighted by atomic mass is 10.0. The van der Waals surface area contributed by atoms with Crippen LogP contribution in [0.15, 0.2) is 0 Å². The van der Waals surface area contributed by atoms with E-state index >= 15 is 0 Å². The topological polar surface area (TPSA) is 78.9 Å². The molecule has 0 amide bonds. The van der Waals surface area contributed by atoms with Gasteiger partial charge < -0.3 is 14.2 Å². The van der Waals surface area contributed by atoms with Gasteiger partial charge in [-0.2, -0.15) is 0 Å². The second-order valence-electron chi connectivity index (χ2n) is 18.8. The van der Waals surface area contributed by atoms with Crippen molar-refractivity contribution in [1.82, 2.24) is 0 Å². The molecule has 0 aliphatic heterocycles. The summed E-state index contributed by atoms with van der Waals surface area (Å²) in [6, 6.07) is 0. The van der Waals surface area contributed by atoms with Gasteiger partial charge in [-0.05, 0) is 31.1 Å². The molecule has 344 valence electrons. The van der Waals surface area contributed by atoms with Gasteiger partial charge in [0, 0.05) is 19.3 Å². The Hall–Kier alpha value is -1.59. The smallest absolute Gasteiger partial charge is 0.306 e. The Labute approximate surface area is 361 Å². The first-order valence-electron chi connectivity index (χ1n) is 25.7. The van der Waals surface area contributed by atoms with Gasteiger partial charge in [-0.3, -0.25) is 14.4 Å². The third kappa shape index (κ3) is 45.5. The lowest BCUT2D eigenvalue weighted by Gasteiger charge is -2.18. The SMILES string of the molecule is CCCCCCCCCCCCC(=O)OC[C@@H](COC(=O)CCCCCCCCCCCCCCCCCC(C)C)OC(=O)CCCCCCCCCCCC(C)C. The summed E-state index contributed by atoms with van der Waals surface area (Å²) < 4.78 is 16.8. The summed E-state index contributed by atoms with van der Waals surface area (Å²) in [5.41, 5.74) is 0. The molecule has 0 rings (SSSR count). The summed E-state index contributed by atoms with van der Waals surface area (Å²) in [4.78, 5) is 37.9. The van der Waals surface area contributed by atoms with Crippen LogP contribution in [0.3, 0.4) is 0 Å².